The first kappa shape index (κ1) is 23.4. The summed E-state index contributed by atoms with van der Waals surface area (Å²) in [4.78, 5) is 49.3. The van der Waals surface area contributed by atoms with Crippen LogP contribution in [0.4, 0.5) is 5.69 Å². The van der Waals surface area contributed by atoms with E-state index in [-0.39, 0.29) is 30.2 Å². The molecule has 176 valence electrons. The van der Waals surface area contributed by atoms with Crippen LogP contribution in [0.2, 0.25) is 0 Å². The highest BCUT2D eigenvalue weighted by molar-refractivity contribution is 6.09. The van der Waals surface area contributed by atoms with Crippen molar-refractivity contribution in [1.82, 2.24) is 15.3 Å². The fraction of sp³-hybridized carbons (Fsp3) is 0.115. The minimum absolute atomic E-state index is 0.154. The van der Waals surface area contributed by atoms with Crippen molar-refractivity contribution in [2.24, 2.45) is 5.10 Å². The Morgan fingerprint density at radius 2 is 1.69 bits per heavy atom. The predicted molar refractivity (Wildman–Crippen MR) is 134 cm³/mol. The first-order valence-corrected chi connectivity index (χ1v) is 11.0. The minimum Gasteiger partial charge on any atom is -0.320 e. The average Bonchev–Trinajstić information content (AvgIpc) is 3.20. The van der Waals surface area contributed by atoms with Gasteiger partial charge in [-0.3, -0.25) is 29.9 Å². The lowest BCUT2D eigenvalue weighted by atomic mass is 10.0. The minimum atomic E-state index is -0.804. The van der Waals surface area contributed by atoms with Crippen molar-refractivity contribution in [2.45, 2.75) is 18.9 Å². The van der Waals surface area contributed by atoms with E-state index in [1.165, 1.54) is 10.8 Å². The molecule has 1 atom stereocenters. The average molecular weight is 470 g/mol. The zero-order valence-electron chi connectivity index (χ0n) is 18.7. The number of rotatable bonds is 3. The number of hydrogen-bond acceptors (Lipinski definition) is 6. The number of benzene rings is 2. The number of imide groups is 1. The van der Waals surface area contributed by atoms with Crippen molar-refractivity contribution in [1.29, 1.82) is 0 Å². The number of aromatic nitrogens is 1. The van der Waals surface area contributed by atoms with Gasteiger partial charge in [0.1, 0.15) is 6.04 Å². The number of hydrazone groups is 1. The fourth-order valence-electron chi connectivity index (χ4n) is 3.72. The molecule has 2 aliphatic rings. The first-order valence-electron chi connectivity index (χ1n) is 11.0. The van der Waals surface area contributed by atoms with Crippen LogP contribution in [-0.2, 0) is 9.59 Å². The van der Waals surface area contributed by atoms with Crippen LogP contribution in [0.1, 0.15) is 29.2 Å². The van der Waals surface area contributed by atoms with E-state index >= 15 is 0 Å². The normalized spacial score (nSPS) is 16.5. The van der Waals surface area contributed by atoms with Crippen molar-refractivity contribution in [3.05, 3.63) is 101 Å². The lowest BCUT2D eigenvalue weighted by Gasteiger charge is -2.24. The predicted octanol–water partition coefficient (Wildman–Crippen LogP) is 2.88. The van der Waals surface area contributed by atoms with Crippen LogP contribution in [0.15, 0.2) is 95.1 Å². The van der Waals surface area contributed by atoms with Gasteiger partial charge in [-0.15, -0.1) is 0 Å². The van der Waals surface area contributed by atoms with Gasteiger partial charge < -0.3 is 9.88 Å². The molecule has 1 fully saturated rings. The lowest BCUT2D eigenvalue weighted by molar-refractivity contribution is -0.135. The molecular weight excluding hydrogens is 446 g/mol. The van der Waals surface area contributed by atoms with Crippen LogP contribution in [-0.4, -0.2) is 28.5 Å². The molecule has 1 aromatic heterocycles. The maximum Gasteiger partial charge on any atom is 0.259 e. The Kier molecular flexibility index (Phi) is 7.27. The summed E-state index contributed by atoms with van der Waals surface area (Å²) in [6.45, 7) is 0. The van der Waals surface area contributed by atoms with E-state index in [0.717, 1.165) is 0 Å². The van der Waals surface area contributed by atoms with Crippen molar-refractivity contribution < 1.29 is 14.4 Å². The van der Waals surface area contributed by atoms with Crippen LogP contribution in [0.3, 0.4) is 0 Å². The number of carbonyl (C=O) groups excluding carboxylic acids is 3. The van der Waals surface area contributed by atoms with Gasteiger partial charge in [0.15, 0.2) is 0 Å². The van der Waals surface area contributed by atoms with Gasteiger partial charge in [0, 0.05) is 41.4 Å². The summed E-state index contributed by atoms with van der Waals surface area (Å²) in [6.07, 6.45) is 11.0. The topological polar surface area (TPSA) is 122 Å². The number of fused-ring (bicyclic) bond motifs is 1. The van der Waals surface area contributed by atoms with E-state index in [0.29, 0.717) is 22.0 Å². The van der Waals surface area contributed by atoms with Crippen molar-refractivity contribution in [3.63, 3.8) is 0 Å². The Hall–Kier alpha value is -4.79. The molecule has 3 aromatic rings. The summed E-state index contributed by atoms with van der Waals surface area (Å²) in [6, 6.07) is 14.8. The molecule has 9 heteroatoms. The smallest absolute Gasteiger partial charge is 0.259 e. The molecule has 2 aliphatic heterocycles. The van der Waals surface area contributed by atoms with Gasteiger partial charge in [0.25, 0.3) is 11.5 Å². The maximum absolute atomic E-state index is 12.9. The van der Waals surface area contributed by atoms with Crippen LogP contribution in [0.5, 0.6) is 0 Å². The highest BCUT2D eigenvalue weighted by Gasteiger charge is 2.29. The van der Waals surface area contributed by atoms with E-state index in [1.54, 1.807) is 60.9 Å². The monoisotopic (exact) mass is 469 g/mol. The second-order valence-corrected chi connectivity index (χ2v) is 7.74. The zero-order valence-corrected chi connectivity index (χ0v) is 18.7. The number of pyridine rings is 1. The molecule has 0 aliphatic carbocycles. The van der Waals surface area contributed by atoms with E-state index in [4.69, 9.17) is 0 Å². The van der Waals surface area contributed by atoms with Gasteiger partial charge in [-0.2, -0.15) is 5.10 Å². The molecule has 3 amide bonds. The molecule has 0 radical (unpaired) electrons. The first-order chi connectivity index (χ1) is 17.0. The summed E-state index contributed by atoms with van der Waals surface area (Å²) < 4.78 is 1.30. The molecule has 1 saturated heterocycles. The molecule has 0 saturated carbocycles. The Morgan fingerprint density at radius 1 is 0.943 bits per heavy atom. The summed E-state index contributed by atoms with van der Waals surface area (Å²) in [7, 11) is 0. The summed E-state index contributed by atoms with van der Waals surface area (Å²) in [5.41, 5.74) is 3.23. The maximum atomic E-state index is 12.9. The van der Waals surface area contributed by atoms with E-state index in [9.17, 15) is 19.2 Å². The molecule has 35 heavy (non-hydrogen) atoms. The van der Waals surface area contributed by atoms with Gasteiger partial charge in [-0.05, 0) is 36.8 Å². The number of nitrogens with zero attached hydrogens (tertiary/aromatic N) is 2. The van der Waals surface area contributed by atoms with Gasteiger partial charge in [0.2, 0.25) is 11.8 Å². The third kappa shape index (κ3) is 5.59. The fourth-order valence-corrected chi connectivity index (χ4v) is 3.72. The van der Waals surface area contributed by atoms with Gasteiger partial charge in [-0.25, -0.2) is 0 Å². The second kappa shape index (κ2) is 10.9. The van der Waals surface area contributed by atoms with Crippen LogP contribution >= 0.6 is 0 Å². The van der Waals surface area contributed by atoms with E-state index in [1.807, 2.05) is 24.3 Å². The summed E-state index contributed by atoms with van der Waals surface area (Å²) >= 11 is 0. The Bertz CT molecular complexity index is 1390. The van der Waals surface area contributed by atoms with Gasteiger partial charge >= 0.3 is 0 Å². The second-order valence-electron chi connectivity index (χ2n) is 7.74. The number of anilines is 1. The molecule has 3 heterocycles. The van der Waals surface area contributed by atoms with Gasteiger partial charge in [-0.1, -0.05) is 42.5 Å². The number of nitrogens with one attached hydrogen (secondary N) is 3. The molecular formula is C26H23N5O4. The summed E-state index contributed by atoms with van der Waals surface area (Å²) in [5.74, 6) is -1.19. The van der Waals surface area contributed by atoms with Crippen molar-refractivity contribution in [2.75, 3.05) is 5.32 Å². The van der Waals surface area contributed by atoms with Crippen LogP contribution in [0, 0.1) is 0 Å². The standard InChI is InChI=1S/C21H17N3O4.C5H6N2/c25-18-11-10-17(20(27)23-18)24-12-16(14-8-4-5-9-15(14)21(24)28)22-19(26)13-6-2-1-3-7-13;1-2-4-6-7-5-3-1/h1-9,12,17H,10-11H2,(H,22,26)(H,23,25,27);1-6H. The Labute approximate surface area is 200 Å². The number of allylic oxidation sites excluding steroid dienone is 3. The number of amides is 3. The Balaban J connectivity index is 0.000000356. The zero-order chi connectivity index (χ0) is 24.6. The third-order valence-corrected chi connectivity index (χ3v) is 5.41. The largest absolute Gasteiger partial charge is 0.320 e. The van der Waals surface area contributed by atoms with E-state index in [2.05, 4.69) is 21.2 Å². The molecule has 5 rings (SSSR count). The van der Waals surface area contributed by atoms with E-state index < -0.39 is 11.9 Å². The molecule has 2 aromatic carbocycles. The number of piperidine rings is 1. The van der Waals surface area contributed by atoms with Crippen molar-refractivity contribution >= 4 is 40.4 Å². The number of carbonyl (C=O) groups is 3. The Morgan fingerprint density at radius 3 is 2.46 bits per heavy atom. The van der Waals surface area contributed by atoms with Crippen molar-refractivity contribution in [3.8, 4) is 0 Å². The molecule has 3 N–H and O–H groups in total. The molecule has 1 unspecified atom stereocenters. The summed E-state index contributed by atoms with van der Waals surface area (Å²) in [5, 5.41) is 9.79. The van der Waals surface area contributed by atoms with Crippen LogP contribution < -0.4 is 21.6 Å². The highest BCUT2D eigenvalue weighted by atomic mass is 16.2. The van der Waals surface area contributed by atoms with Gasteiger partial charge in [0.05, 0.1) is 5.69 Å². The molecule has 0 bridgehead atoms. The number of hydrogen-bond donors (Lipinski definition) is 3. The SMILES string of the molecule is C1=CC=NNC=C1.O=C1CCC(n2cc(NC(=O)c3ccccc3)c3ccccc3c2=O)C(=O)N1. The quantitative estimate of drug-likeness (QED) is 0.509. The molecule has 9 nitrogen and oxygen atoms in total. The third-order valence-electron chi connectivity index (χ3n) is 5.41. The highest BCUT2D eigenvalue weighted by Crippen LogP contribution is 2.25. The molecule has 0 spiro atoms. The lowest BCUT2D eigenvalue weighted by Crippen LogP contribution is -2.44. The van der Waals surface area contributed by atoms with Crippen LogP contribution in [0.25, 0.3) is 10.8 Å².